The van der Waals surface area contributed by atoms with Crippen LogP contribution in [0.3, 0.4) is 0 Å². The van der Waals surface area contributed by atoms with Crippen LogP contribution >= 0.6 is 0 Å². The lowest BCUT2D eigenvalue weighted by Gasteiger charge is -2.38. The van der Waals surface area contributed by atoms with Crippen molar-refractivity contribution in [3.8, 4) is 22.4 Å². The largest absolute Gasteiger partial charge is 0.290 e. The zero-order valence-electron chi connectivity index (χ0n) is 31.3. The maximum absolute atomic E-state index is 5.45. The van der Waals surface area contributed by atoms with Gasteiger partial charge < -0.3 is 0 Å². The number of aliphatic imine (C=N–C) groups is 1. The molecular formula is C50H44N4. The van der Waals surface area contributed by atoms with Gasteiger partial charge in [-0.25, -0.2) is 9.97 Å². The Bertz CT molecular complexity index is 2730. The zero-order chi connectivity index (χ0) is 36.6. The van der Waals surface area contributed by atoms with Crippen LogP contribution in [0.4, 0.5) is 0 Å². The molecule has 264 valence electrons. The maximum atomic E-state index is 5.45. The Labute approximate surface area is 317 Å². The highest BCUT2D eigenvalue weighted by Gasteiger charge is 2.37. The Balaban J connectivity index is 1.21. The van der Waals surface area contributed by atoms with Crippen molar-refractivity contribution in [1.82, 2.24) is 15.0 Å². The SMILES string of the molecule is CCCN=C(CC)C1=CC(c2ccc(-c3ccc4ccc5c(-c6ccccc6)c6ccccc6nc5c4n3)c3ccccc23)C[C@@](C)(c2ccccn2)C1. The van der Waals surface area contributed by atoms with E-state index in [1.807, 2.05) is 12.3 Å². The number of pyridine rings is 3. The van der Waals surface area contributed by atoms with Crippen molar-refractivity contribution in [3.63, 3.8) is 0 Å². The van der Waals surface area contributed by atoms with Crippen LogP contribution in [0.1, 0.15) is 63.6 Å². The van der Waals surface area contributed by atoms with Crippen molar-refractivity contribution in [1.29, 1.82) is 0 Å². The van der Waals surface area contributed by atoms with Gasteiger partial charge in [-0.05, 0) is 77.4 Å². The third-order valence-corrected chi connectivity index (χ3v) is 11.4. The molecule has 0 spiro atoms. The summed E-state index contributed by atoms with van der Waals surface area (Å²) >= 11 is 0. The number of rotatable bonds is 8. The first kappa shape index (κ1) is 33.8. The summed E-state index contributed by atoms with van der Waals surface area (Å²) in [6, 6.07) is 47.7. The average molecular weight is 701 g/mol. The molecule has 8 aromatic rings. The number of hydrogen-bond donors (Lipinski definition) is 0. The van der Waals surface area contributed by atoms with Crippen LogP contribution in [0, 0.1) is 0 Å². The summed E-state index contributed by atoms with van der Waals surface area (Å²) < 4.78 is 0. The molecule has 0 amide bonds. The van der Waals surface area contributed by atoms with Gasteiger partial charge in [0.15, 0.2) is 0 Å². The smallest absolute Gasteiger partial charge is 0.0978 e. The number of nitrogens with zero attached hydrogens (tertiary/aromatic N) is 4. The second kappa shape index (κ2) is 14.1. The van der Waals surface area contributed by atoms with Gasteiger partial charge in [-0.2, -0.15) is 0 Å². The Kier molecular flexibility index (Phi) is 8.83. The van der Waals surface area contributed by atoms with E-state index in [9.17, 15) is 0 Å². The zero-order valence-corrected chi connectivity index (χ0v) is 31.3. The van der Waals surface area contributed by atoms with E-state index in [4.69, 9.17) is 19.9 Å². The summed E-state index contributed by atoms with van der Waals surface area (Å²) in [4.78, 5) is 20.7. The molecule has 2 atom stereocenters. The molecule has 3 heterocycles. The number of aromatic nitrogens is 3. The van der Waals surface area contributed by atoms with Gasteiger partial charge >= 0.3 is 0 Å². The number of hydrogen-bond acceptors (Lipinski definition) is 4. The predicted octanol–water partition coefficient (Wildman–Crippen LogP) is 12.8. The van der Waals surface area contributed by atoms with Gasteiger partial charge in [0.25, 0.3) is 0 Å². The molecule has 0 saturated carbocycles. The van der Waals surface area contributed by atoms with Crippen LogP contribution < -0.4 is 0 Å². The molecule has 0 fully saturated rings. The Morgan fingerprint density at radius 3 is 2.26 bits per heavy atom. The second-order valence-electron chi connectivity index (χ2n) is 15.0. The molecule has 54 heavy (non-hydrogen) atoms. The molecule has 1 aliphatic rings. The fourth-order valence-corrected chi connectivity index (χ4v) is 8.81. The van der Waals surface area contributed by atoms with Crippen LogP contribution in [0.2, 0.25) is 0 Å². The molecule has 1 aliphatic carbocycles. The van der Waals surface area contributed by atoms with Gasteiger partial charge in [0, 0.05) is 62.8 Å². The van der Waals surface area contributed by atoms with E-state index in [-0.39, 0.29) is 11.3 Å². The highest BCUT2D eigenvalue weighted by Crippen LogP contribution is 2.47. The molecule has 5 aromatic carbocycles. The second-order valence-corrected chi connectivity index (χ2v) is 15.0. The maximum Gasteiger partial charge on any atom is 0.0978 e. The van der Waals surface area contributed by atoms with Gasteiger partial charge in [-0.1, -0.05) is 136 Å². The highest BCUT2D eigenvalue weighted by atomic mass is 14.8. The standard InChI is InChI=1S/C50H44N4/c1-4-28-51-43(5-2)36-30-35(31-50(3,32-36)46-21-13-14-29-52-46)37-25-26-40(39-18-10-9-17-38(37)39)45-27-23-34-22-24-42-47(33-15-7-6-8-16-33)41-19-11-12-20-44(41)54-49(42)48(34)53-45/h6-27,29-30,35H,4-5,28,31-32H2,1-3H3/t35?,50-/m1/s1. The Hall–Kier alpha value is -6.00. The topological polar surface area (TPSA) is 51.0 Å². The van der Waals surface area contributed by atoms with E-state index in [1.165, 1.54) is 38.7 Å². The first-order chi connectivity index (χ1) is 26.5. The number of para-hydroxylation sites is 1. The summed E-state index contributed by atoms with van der Waals surface area (Å²) in [5.41, 5.74) is 12.2. The summed E-state index contributed by atoms with van der Waals surface area (Å²) in [5, 5.41) is 5.82. The van der Waals surface area contributed by atoms with Gasteiger partial charge in [0.1, 0.15) is 0 Å². The lowest BCUT2D eigenvalue weighted by Crippen LogP contribution is -2.31. The first-order valence-corrected chi connectivity index (χ1v) is 19.4. The highest BCUT2D eigenvalue weighted by molar-refractivity contribution is 6.16. The van der Waals surface area contributed by atoms with Crippen LogP contribution in [0.15, 0.2) is 156 Å². The molecule has 0 N–H and O–H groups in total. The summed E-state index contributed by atoms with van der Waals surface area (Å²) in [6.45, 7) is 7.69. The van der Waals surface area contributed by atoms with Crippen molar-refractivity contribution in [2.75, 3.05) is 6.54 Å². The molecule has 0 bridgehead atoms. The first-order valence-electron chi connectivity index (χ1n) is 19.4. The molecule has 4 nitrogen and oxygen atoms in total. The van der Waals surface area contributed by atoms with Crippen LogP contribution in [0.5, 0.6) is 0 Å². The minimum Gasteiger partial charge on any atom is -0.290 e. The monoisotopic (exact) mass is 700 g/mol. The normalized spacial score (nSPS) is 17.7. The lowest BCUT2D eigenvalue weighted by molar-refractivity contribution is 0.386. The Morgan fingerprint density at radius 1 is 0.704 bits per heavy atom. The van der Waals surface area contributed by atoms with Crippen LogP contribution in [-0.4, -0.2) is 27.2 Å². The van der Waals surface area contributed by atoms with Crippen LogP contribution in [-0.2, 0) is 5.41 Å². The van der Waals surface area contributed by atoms with Crippen molar-refractivity contribution < 1.29 is 0 Å². The van der Waals surface area contributed by atoms with Gasteiger partial charge in [0.05, 0.1) is 22.2 Å². The van der Waals surface area contributed by atoms with Gasteiger partial charge in [0.2, 0.25) is 0 Å². The molecule has 1 unspecified atom stereocenters. The fraction of sp³-hybridized carbons (Fsp3) is 0.200. The fourth-order valence-electron chi connectivity index (χ4n) is 8.81. The molecule has 3 aromatic heterocycles. The number of allylic oxidation sites excluding steroid dienone is 2. The van der Waals surface area contributed by atoms with Crippen molar-refractivity contribution in [2.24, 2.45) is 4.99 Å². The van der Waals surface area contributed by atoms with E-state index >= 15 is 0 Å². The predicted molar refractivity (Wildman–Crippen MR) is 227 cm³/mol. The minimum absolute atomic E-state index is 0.116. The molecule has 0 saturated heterocycles. The summed E-state index contributed by atoms with van der Waals surface area (Å²) in [6.07, 6.45) is 8.34. The Morgan fingerprint density at radius 2 is 1.46 bits per heavy atom. The van der Waals surface area contributed by atoms with E-state index in [1.54, 1.807) is 0 Å². The quantitative estimate of drug-likeness (QED) is 0.0901. The third-order valence-electron chi connectivity index (χ3n) is 11.4. The summed E-state index contributed by atoms with van der Waals surface area (Å²) in [5.74, 6) is 0.209. The molecule has 9 rings (SSSR count). The van der Waals surface area contributed by atoms with Gasteiger partial charge in [-0.15, -0.1) is 0 Å². The molecule has 0 radical (unpaired) electrons. The minimum atomic E-state index is -0.116. The van der Waals surface area contributed by atoms with E-state index in [0.29, 0.717) is 0 Å². The summed E-state index contributed by atoms with van der Waals surface area (Å²) in [7, 11) is 0. The molecular weight excluding hydrogens is 657 g/mol. The van der Waals surface area contributed by atoms with E-state index in [2.05, 4.69) is 154 Å². The third kappa shape index (κ3) is 5.96. The van der Waals surface area contributed by atoms with Gasteiger partial charge in [-0.3, -0.25) is 9.98 Å². The van der Waals surface area contributed by atoms with E-state index in [0.717, 1.165) is 81.9 Å². The molecule has 0 aliphatic heterocycles. The van der Waals surface area contributed by atoms with Crippen molar-refractivity contribution in [2.45, 2.75) is 57.8 Å². The molecule has 4 heteroatoms. The van der Waals surface area contributed by atoms with Crippen molar-refractivity contribution >= 4 is 49.2 Å². The van der Waals surface area contributed by atoms with Crippen molar-refractivity contribution in [3.05, 3.63) is 163 Å². The number of fused-ring (bicyclic) bond motifs is 5. The van der Waals surface area contributed by atoms with E-state index < -0.39 is 0 Å². The lowest BCUT2D eigenvalue weighted by atomic mass is 9.66. The average Bonchev–Trinajstić information content (AvgIpc) is 3.23. The van der Waals surface area contributed by atoms with Crippen LogP contribution in [0.25, 0.3) is 65.9 Å². The number of benzene rings is 5.